The lowest BCUT2D eigenvalue weighted by molar-refractivity contribution is -0.274. The Balaban J connectivity index is 1.66. The van der Waals surface area contributed by atoms with Crippen molar-refractivity contribution < 1.29 is 22.7 Å². The van der Waals surface area contributed by atoms with Crippen molar-refractivity contribution in [2.45, 2.75) is 19.2 Å². The number of thiophene rings is 1. The second-order valence-corrected chi connectivity index (χ2v) is 7.74. The highest BCUT2D eigenvalue weighted by Crippen LogP contribution is 2.32. The molecule has 8 heteroatoms. The minimum Gasteiger partial charge on any atom is -0.406 e. The molecule has 0 saturated carbocycles. The van der Waals surface area contributed by atoms with E-state index in [-0.39, 0.29) is 18.0 Å². The first-order valence-corrected chi connectivity index (χ1v) is 9.72. The zero-order valence-electron chi connectivity index (χ0n) is 14.2. The number of hydrogen-bond acceptors (Lipinski definition) is 3. The first-order chi connectivity index (χ1) is 13.2. The molecule has 0 saturated heterocycles. The van der Waals surface area contributed by atoms with E-state index in [1.807, 2.05) is 6.07 Å². The number of rotatable bonds is 6. The highest BCUT2D eigenvalue weighted by atomic mass is 35.5. The van der Waals surface area contributed by atoms with Crippen molar-refractivity contribution in [1.29, 1.82) is 0 Å². The van der Waals surface area contributed by atoms with Gasteiger partial charge in [0.15, 0.2) is 5.78 Å². The maximum absolute atomic E-state index is 12.5. The molecule has 2 nitrogen and oxygen atoms in total. The SMILES string of the molecule is O=C(CCc1cccc(Cl)c1Cl)c1ccc(-c2ccc(OC(F)(F)F)cc2)s1. The molecule has 0 N–H and O–H groups in total. The molecule has 0 radical (unpaired) electrons. The van der Waals surface area contributed by atoms with Gasteiger partial charge in [-0.3, -0.25) is 4.79 Å². The lowest BCUT2D eigenvalue weighted by Crippen LogP contribution is -2.16. The van der Waals surface area contributed by atoms with Crippen LogP contribution in [0.4, 0.5) is 13.2 Å². The molecular formula is C20H13Cl2F3O2S. The molecule has 0 spiro atoms. The minimum absolute atomic E-state index is 0.0377. The lowest BCUT2D eigenvalue weighted by atomic mass is 10.1. The Bertz CT molecular complexity index is 982. The summed E-state index contributed by atoms with van der Waals surface area (Å²) in [6.07, 6.45) is -3.98. The molecule has 1 aromatic heterocycles. The van der Waals surface area contributed by atoms with Crippen LogP contribution in [0.25, 0.3) is 10.4 Å². The molecule has 0 amide bonds. The Morgan fingerprint density at radius 3 is 2.39 bits per heavy atom. The fraction of sp³-hybridized carbons (Fsp3) is 0.150. The van der Waals surface area contributed by atoms with Gasteiger partial charge in [0.05, 0.1) is 14.9 Å². The van der Waals surface area contributed by atoms with E-state index in [4.69, 9.17) is 23.2 Å². The maximum atomic E-state index is 12.5. The fourth-order valence-electron chi connectivity index (χ4n) is 2.58. The van der Waals surface area contributed by atoms with Crippen LogP contribution in [0.3, 0.4) is 0 Å². The van der Waals surface area contributed by atoms with E-state index in [2.05, 4.69) is 4.74 Å². The van der Waals surface area contributed by atoms with Gasteiger partial charge in [0, 0.05) is 11.3 Å². The van der Waals surface area contributed by atoms with Crippen molar-refractivity contribution in [3.05, 3.63) is 75.1 Å². The maximum Gasteiger partial charge on any atom is 0.573 e. The predicted molar refractivity (Wildman–Crippen MR) is 106 cm³/mol. The van der Waals surface area contributed by atoms with Crippen LogP contribution >= 0.6 is 34.5 Å². The van der Waals surface area contributed by atoms with E-state index in [9.17, 15) is 18.0 Å². The van der Waals surface area contributed by atoms with Crippen molar-refractivity contribution in [3.8, 4) is 16.2 Å². The van der Waals surface area contributed by atoms with Gasteiger partial charge in [-0.1, -0.05) is 35.3 Å². The molecule has 0 bridgehead atoms. The number of halogens is 5. The normalized spacial score (nSPS) is 11.5. The second kappa shape index (κ2) is 8.55. The van der Waals surface area contributed by atoms with Gasteiger partial charge >= 0.3 is 6.36 Å². The second-order valence-electron chi connectivity index (χ2n) is 5.87. The van der Waals surface area contributed by atoms with Gasteiger partial charge in [0.25, 0.3) is 0 Å². The van der Waals surface area contributed by atoms with Crippen LogP contribution < -0.4 is 4.74 Å². The number of ether oxygens (including phenoxy) is 1. The fourth-order valence-corrected chi connectivity index (χ4v) is 3.97. The third-order valence-corrected chi connectivity index (χ3v) is 5.94. The van der Waals surface area contributed by atoms with Crippen molar-refractivity contribution in [1.82, 2.24) is 0 Å². The lowest BCUT2D eigenvalue weighted by Gasteiger charge is -2.08. The third-order valence-electron chi connectivity index (χ3n) is 3.91. The van der Waals surface area contributed by atoms with Crippen LogP contribution in [0.2, 0.25) is 10.0 Å². The Morgan fingerprint density at radius 1 is 1.00 bits per heavy atom. The zero-order chi connectivity index (χ0) is 20.3. The molecule has 0 aliphatic carbocycles. The number of benzene rings is 2. The summed E-state index contributed by atoms with van der Waals surface area (Å²) >= 11 is 13.4. The summed E-state index contributed by atoms with van der Waals surface area (Å²) in [5, 5.41) is 0.896. The smallest absolute Gasteiger partial charge is 0.406 e. The summed E-state index contributed by atoms with van der Waals surface area (Å²) < 4.78 is 40.5. The average Bonchev–Trinajstić information content (AvgIpc) is 3.12. The minimum atomic E-state index is -4.73. The number of carbonyl (C=O) groups is 1. The molecule has 0 fully saturated rings. The quantitative estimate of drug-likeness (QED) is 0.369. The molecule has 0 unspecified atom stereocenters. The Kier molecular flexibility index (Phi) is 6.33. The van der Waals surface area contributed by atoms with Crippen molar-refractivity contribution in [2.24, 2.45) is 0 Å². The molecule has 146 valence electrons. The summed E-state index contributed by atoms with van der Waals surface area (Å²) in [6.45, 7) is 0. The van der Waals surface area contributed by atoms with Crippen molar-refractivity contribution >= 4 is 40.3 Å². The molecule has 28 heavy (non-hydrogen) atoms. The van der Waals surface area contributed by atoms with Gasteiger partial charge in [-0.05, 0) is 60.0 Å². The van der Waals surface area contributed by atoms with Crippen LogP contribution in [-0.4, -0.2) is 12.1 Å². The number of alkyl halides is 3. The van der Waals surface area contributed by atoms with Crippen LogP contribution in [0.1, 0.15) is 21.7 Å². The number of ketones is 1. The number of carbonyl (C=O) groups excluding carboxylic acids is 1. The molecule has 2 aromatic carbocycles. The van der Waals surface area contributed by atoms with Crippen molar-refractivity contribution in [2.75, 3.05) is 0 Å². The van der Waals surface area contributed by atoms with Gasteiger partial charge in [-0.15, -0.1) is 24.5 Å². The first-order valence-electron chi connectivity index (χ1n) is 8.15. The monoisotopic (exact) mass is 444 g/mol. The van der Waals surface area contributed by atoms with E-state index in [1.54, 1.807) is 24.3 Å². The summed E-state index contributed by atoms with van der Waals surface area (Å²) in [7, 11) is 0. The standard InChI is InChI=1S/C20H13Cl2F3O2S/c21-15-3-1-2-13(19(15)22)6-9-16(26)18-11-10-17(28-18)12-4-7-14(8-5-12)27-20(23,24)25/h1-5,7-8,10-11H,6,9H2. The van der Waals surface area contributed by atoms with Gasteiger partial charge in [0.2, 0.25) is 0 Å². The zero-order valence-corrected chi connectivity index (χ0v) is 16.6. The molecule has 3 rings (SSSR count). The summed E-state index contributed by atoms with van der Waals surface area (Å²) in [5.74, 6) is -0.327. The van der Waals surface area contributed by atoms with E-state index >= 15 is 0 Å². The predicted octanol–water partition coefficient (Wildman–Crippen LogP) is 7.44. The summed E-state index contributed by atoms with van der Waals surface area (Å²) in [4.78, 5) is 13.8. The van der Waals surface area contributed by atoms with Crippen LogP contribution in [0.5, 0.6) is 5.75 Å². The summed E-state index contributed by atoms with van der Waals surface area (Å²) in [6, 6.07) is 14.3. The largest absolute Gasteiger partial charge is 0.573 e. The molecule has 1 heterocycles. The molecule has 3 aromatic rings. The molecule has 0 aliphatic heterocycles. The highest BCUT2D eigenvalue weighted by molar-refractivity contribution is 7.17. The first kappa shape index (κ1) is 20.7. The Hall–Kier alpha value is -2.02. The Labute approximate surface area is 173 Å². The van der Waals surface area contributed by atoms with Gasteiger partial charge < -0.3 is 4.74 Å². The van der Waals surface area contributed by atoms with Crippen LogP contribution in [-0.2, 0) is 6.42 Å². The number of Topliss-reactive ketones (excluding diaryl/α,β-unsaturated/α-hetero) is 1. The number of hydrogen-bond donors (Lipinski definition) is 0. The van der Waals surface area contributed by atoms with Gasteiger partial charge in [-0.2, -0.15) is 0 Å². The van der Waals surface area contributed by atoms with Crippen LogP contribution in [0, 0.1) is 0 Å². The molecular weight excluding hydrogens is 432 g/mol. The molecule has 0 aliphatic rings. The number of aryl methyl sites for hydroxylation is 1. The van der Waals surface area contributed by atoms with Gasteiger partial charge in [-0.25, -0.2) is 0 Å². The third kappa shape index (κ3) is 5.28. The van der Waals surface area contributed by atoms with E-state index in [0.717, 1.165) is 10.4 Å². The van der Waals surface area contributed by atoms with E-state index in [1.165, 1.54) is 35.6 Å². The van der Waals surface area contributed by atoms with E-state index in [0.29, 0.717) is 26.9 Å². The average molecular weight is 445 g/mol. The van der Waals surface area contributed by atoms with Crippen molar-refractivity contribution in [3.63, 3.8) is 0 Å². The molecule has 0 atom stereocenters. The van der Waals surface area contributed by atoms with Gasteiger partial charge in [0.1, 0.15) is 5.75 Å². The topological polar surface area (TPSA) is 26.3 Å². The van der Waals surface area contributed by atoms with E-state index < -0.39 is 6.36 Å². The van der Waals surface area contributed by atoms with Crippen LogP contribution in [0.15, 0.2) is 54.6 Å². The summed E-state index contributed by atoms with van der Waals surface area (Å²) in [5.41, 5.74) is 1.51. The highest BCUT2D eigenvalue weighted by Gasteiger charge is 2.31. The Morgan fingerprint density at radius 2 is 1.71 bits per heavy atom.